The first-order chi connectivity index (χ1) is 13.0. The van der Waals surface area contributed by atoms with Gasteiger partial charge in [0.15, 0.2) is 0 Å². The van der Waals surface area contributed by atoms with Gasteiger partial charge in [-0.3, -0.25) is 4.98 Å². The van der Waals surface area contributed by atoms with E-state index < -0.39 is 29.8 Å². The first-order valence-corrected chi connectivity index (χ1v) is 8.96. The van der Waals surface area contributed by atoms with E-state index in [1.54, 1.807) is 0 Å². The summed E-state index contributed by atoms with van der Waals surface area (Å²) in [4.78, 5) is 7.51. The summed E-state index contributed by atoms with van der Waals surface area (Å²) < 4.78 is 58.4. The van der Waals surface area contributed by atoms with E-state index in [0.29, 0.717) is 0 Å². The molecule has 2 aromatic heterocycles. The summed E-state index contributed by atoms with van der Waals surface area (Å²) in [5.74, 6) is 0.184. The van der Waals surface area contributed by atoms with Crippen molar-refractivity contribution in [2.24, 2.45) is 17.1 Å². The SMILES string of the molecule is CC1(C)CC1C(C)(N)COc1ccc(-c2ccnc(C(F)F)c2)nc1C(F)F. The van der Waals surface area contributed by atoms with E-state index in [2.05, 4.69) is 23.8 Å². The molecule has 2 N–H and O–H groups in total. The first-order valence-electron chi connectivity index (χ1n) is 8.96. The Kier molecular flexibility index (Phi) is 5.36. The van der Waals surface area contributed by atoms with Crippen molar-refractivity contribution in [3.8, 4) is 17.0 Å². The lowest BCUT2D eigenvalue weighted by atomic mass is 9.92. The highest BCUT2D eigenvalue weighted by Gasteiger charge is 2.54. The Labute approximate surface area is 161 Å². The molecule has 0 saturated heterocycles. The Morgan fingerprint density at radius 1 is 1.21 bits per heavy atom. The number of ether oxygens (including phenoxy) is 1. The maximum absolute atomic E-state index is 13.5. The predicted octanol–water partition coefficient (Wildman–Crippen LogP) is 5.16. The highest BCUT2D eigenvalue weighted by Crippen LogP contribution is 2.56. The van der Waals surface area contributed by atoms with Crippen LogP contribution in [0.15, 0.2) is 30.5 Å². The number of hydrogen-bond donors (Lipinski definition) is 1. The summed E-state index contributed by atoms with van der Waals surface area (Å²) >= 11 is 0. The second-order valence-electron chi connectivity index (χ2n) is 8.19. The molecule has 1 fully saturated rings. The molecule has 4 nitrogen and oxygen atoms in total. The van der Waals surface area contributed by atoms with Crippen LogP contribution in [-0.2, 0) is 0 Å². The molecule has 2 heterocycles. The topological polar surface area (TPSA) is 61.0 Å². The van der Waals surface area contributed by atoms with Gasteiger partial charge < -0.3 is 10.5 Å². The summed E-state index contributed by atoms with van der Waals surface area (Å²) in [5, 5.41) is 0. The molecule has 2 atom stereocenters. The van der Waals surface area contributed by atoms with Crippen molar-refractivity contribution in [1.29, 1.82) is 0 Å². The molecule has 0 amide bonds. The monoisotopic (exact) mass is 397 g/mol. The molecule has 0 spiro atoms. The van der Waals surface area contributed by atoms with Gasteiger partial charge in [-0.2, -0.15) is 0 Å². The molecule has 2 aromatic rings. The Bertz CT molecular complexity index is 855. The lowest BCUT2D eigenvalue weighted by Crippen LogP contribution is -2.46. The van der Waals surface area contributed by atoms with Crippen molar-refractivity contribution in [1.82, 2.24) is 9.97 Å². The Hall–Kier alpha value is -2.22. The van der Waals surface area contributed by atoms with Crippen molar-refractivity contribution in [2.45, 2.75) is 45.6 Å². The molecule has 28 heavy (non-hydrogen) atoms. The van der Waals surface area contributed by atoms with Gasteiger partial charge in [0.2, 0.25) is 0 Å². The lowest BCUT2D eigenvalue weighted by molar-refractivity contribution is 0.133. The zero-order valence-corrected chi connectivity index (χ0v) is 15.9. The van der Waals surface area contributed by atoms with Gasteiger partial charge in [-0.15, -0.1) is 0 Å². The van der Waals surface area contributed by atoms with Crippen molar-refractivity contribution >= 4 is 0 Å². The quantitative estimate of drug-likeness (QED) is 0.656. The van der Waals surface area contributed by atoms with E-state index in [0.717, 1.165) is 12.5 Å². The summed E-state index contributed by atoms with van der Waals surface area (Å²) in [7, 11) is 0. The van der Waals surface area contributed by atoms with Crippen LogP contribution in [-0.4, -0.2) is 22.1 Å². The van der Waals surface area contributed by atoms with Crippen LogP contribution >= 0.6 is 0 Å². The fourth-order valence-corrected chi connectivity index (χ4v) is 3.56. The second-order valence-corrected chi connectivity index (χ2v) is 8.19. The zero-order chi connectivity index (χ0) is 20.7. The van der Waals surface area contributed by atoms with Gasteiger partial charge >= 0.3 is 0 Å². The molecule has 3 rings (SSSR count). The smallest absolute Gasteiger partial charge is 0.284 e. The van der Waals surface area contributed by atoms with Gasteiger partial charge in [-0.1, -0.05) is 13.8 Å². The number of pyridine rings is 2. The average molecular weight is 397 g/mol. The predicted molar refractivity (Wildman–Crippen MR) is 97.4 cm³/mol. The molecule has 8 heteroatoms. The molecule has 1 saturated carbocycles. The number of nitrogens with two attached hydrogens (primary N) is 1. The van der Waals surface area contributed by atoms with E-state index >= 15 is 0 Å². The average Bonchev–Trinajstić information content (AvgIpc) is 3.29. The van der Waals surface area contributed by atoms with Crippen LogP contribution in [0.5, 0.6) is 5.75 Å². The number of aromatic nitrogens is 2. The van der Waals surface area contributed by atoms with Crippen molar-refractivity contribution in [2.75, 3.05) is 6.61 Å². The highest BCUT2D eigenvalue weighted by molar-refractivity contribution is 5.60. The van der Waals surface area contributed by atoms with Crippen LogP contribution in [0.25, 0.3) is 11.3 Å². The lowest BCUT2D eigenvalue weighted by Gasteiger charge is -2.27. The van der Waals surface area contributed by atoms with Crippen LogP contribution < -0.4 is 10.5 Å². The summed E-state index contributed by atoms with van der Waals surface area (Å²) in [6, 6.07) is 5.41. The molecular formula is C20H23F4N3O. The van der Waals surface area contributed by atoms with Crippen molar-refractivity contribution < 1.29 is 22.3 Å². The Balaban J connectivity index is 1.83. The minimum absolute atomic E-state index is 0.0583. The largest absolute Gasteiger partial charge is 0.490 e. The molecule has 2 unspecified atom stereocenters. The van der Waals surface area contributed by atoms with E-state index in [9.17, 15) is 17.6 Å². The number of halogens is 4. The van der Waals surface area contributed by atoms with Crippen LogP contribution in [0.3, 0.4) is 0 Å². The molecule has 0 radical (unpaired) electrons. The van der Waals surface area contributed by atoms with Crippen LogP contribution in [0.1, 0.15) is 51.4 Å². The Morgan fingerprint density at radius 3 is 2.46 bits per heavy atom. The van der Waals surface area contributed by atoms with Crippen molar-refractivity contribution in [3.63, 3.8) is 0 Å². The van der Waals surface area contributed by atoms with Gasteiger partial charge in [0.05, 0.1) is 11.2 Å². The van der Waals surface area contributed by atoms with Crippen LogP contribution in [0, 0.1) is 11.3 Å². The molecular weight excluding hydrogens is 374 g/mol. The minimum Gasteiger partial charge on any atom is -0.490 e. The van der Waals surface area contributed by atoms with E-state index in [4.69, 9.17) is 10.5 Å². The highest BCUT2D eigenvalue weighted by atomic mass is 19.3. The maximum Gasteiger partial charge on any atom is 0.284 e. The molecule has 1 aliphatic carbocycles. The van der Waals surface area contributed by atoms with E-state index in [1.165, 1.54) is 24.4 Å². The molecule has 0 aromatic carbocycles. The summed E-state index contributed by atoms with van der Waals surface area (Å²) in [5.41, 5.74) is 5.23. The third kappa shape index (κ3) is 4.27. The van der Waals surface area contributed by atoms with Crippen LogP contribution in [0.2, 0.25) is 0 Å². The summed E-state index contributed by atoms with van der Waals surface area (Å²) in [6.07, 6.45) is -3.49. The molecule has 152 valence electrons. The number of hydrogen-bond acceptors (Lipinski definition) is 4. The third-order valence-corrected chi connectivity index (χ3v) is 5.24. The van der Waals surface area contributed by atoms with E-state index in [1.807, 2.05) is 6.92 Å². The molecule has 0 bridgehead atoms. The number of rotatable bonds is 7. The Morgan fingerprint density at radius 2 is 1.89 bits per heavy atom. The van der Waals surface area contributed by atoms with Crippen molar-refractivity contribution in [3.05, 3.63) is 41.9 Å². The number of nitrogens with zero attached hydrogens (tertiary/aromatic N) is 2. The molecule has 0 aliphatic heterocycles. The van der Waals surface area contributed by atoms with Crippen LogP contribution in [0.4, 0.5) is 17.6 Å². The standard InChI is InChI=1S/C20H23F4N3O/c1-19(2)9-15(19)20(3,25)10-28-14-5-4-12(27-16(14)18(23)24)11-6-7-26-13(8-11)17(21)22/h4-8,15,17-18H,9-10,25H2,1-3H3. The molecule has 1 aliphatic rings. The van der Waals surface area contributed by atoms with Gasteiger partial charge in [0.25, 0.3) is 12.9 Å². The third-order valence-electron chi connectivity index (χ3n) is 5.24. The normalized spacial score (nSPS) is 20.3. The fourth-order valence-electron chi connectivity index (χ4n) is 3.56. The summed E-state index contributed by atoms with van der Waals surface area (Å²) in [6.45, 7) is 6.13. The fraction of sp³-hybridized carbons (Fsp3) is 0.500. The second kappa shape index (κ2) is 7.31. The van der Waals surface area contributed by atoms with E-state index in [-0.39, 0.29) is 34.9 Å². The van der Waals surface area contributed by atoms with Gasteiger partial charge in [-0.05, 0) is 48.9 Å². The first kappa shape index (κ1) is 20.5. The number of alkyl halides is 4. The van der Waals surface area contributed by atoms with Gasteiger partial charge in [0.1, 0.15) is 23.7 Å². The maximum atomic E-state index is 13.5. The van der Waals surface area contributed by atoms with Gasteiger partial charge in [0, 0.05) is 11.8 Å². The zero-order valence-electron chi connectivity index (χ0n) is 15.9. The minimum atomic E-state index is -2.88. The van der Waals surface area contributed by atoms with Gasteiger partial charge in [-0.25, -0.2) is 22.5 Å².